The Labute approximate surface area is 182 Å². The molecule has 10 nitrogen and oxygen atoms in total. The monoisotopic (exact) mass is 434 g/mol. The topological polar surface area (TPSA) is 145 Å². The van der Waals surface area contributed by atoms with Crippen molar-refractivity contribution in [1.29, 1.82) is 5.26 Å². The number of rotatable bonds is 4. The van der Waals surface area contributed by atoms with Gasteiger partial charge in [-0.25, -0.2) is 0 Å². The molecule has 3 aromatic rings. The third kappa shape index (κ3) is 2.83. The van der Waals surface area contributed by atoms with Crippen LogP contribution in [-0.4, -0.2) is 36.3 Å². The summed E-state index contributed by atoms with van der Waals surface area (Å²) >= 11 is 0. The summed E-state index contributed by atoms with van der Waals surface area (Å²) in [5.41, 5.74) is 8.83. The Bertz CT molecular complexity index is 1280. The molecular weight excluding hydrogens is 416 g/mol. The van der Waals surface area contributed by atoms with Crippen LogP contribution in [0, 0.1) is 11.3 Å². The van der Waals surface area contributed by atoms with E-state index in [1.54, 1.807) is 18.2 Å². The fourth-order valence-electron chi connectivity index (χ4n) is 3.93. The third-order valence-corrected chi connectivity index (χ3v) is 5.44. The highest BCUT2D eigenvalue weighted by Gasteiger charge is 2.37. The fourth-order valence-corrected chi connectivity index (χ4v) is 3.93. The van der Waals surface area contributed by atoms with Crippen LogP contribution in [0.3, 0.4) is 0 Å². The van der Waals surface area contributed by atoms with Crippen molar-refractivity contribution in [2.75, 3.05) is 21.0 Å². The van der Waals surface area contributed by atoms with Gasteiger partial charge in [0.2, 0.25) is 24.3 Å². The third-order valence-electron chi connectivity index (χ3n) is 5.44. The van der Waals surface area contributed by atoms with Gasteiger partial charge in [-0.15, -0.1) is 5.10 Å². The first-order chi connectivity index (χ1) is 15.5. The van der Waals surface area contributed by atoms with Crippen molar-refractivity contribution in [3.63, 3.8) is 0 Å². The second-order valence-electron chi connectivity index (χ2n) is 7.08. The van der Waals surface area contributed by atoms with E-state index in [4.69, 9.17) is 29.4 Å². The van der Waals surface area contributed by atoms with Gasteiger partial charge < -0.3 is 34.5 Å². The van der Waals surface area contributed by atoms with Gasteiger partial charge in [0.05, 0.1) is 31.4 Å². The van der Waals surface area contributed by atoms with Gasteiger partial charge in [0.1, 0.15) is 11.6 Å². The molecule has 0 aliphatic carbocycles. The average Bonchev–Trinajstić information content (AvgIpc) is 3.44. The predicted octanol–water partition coefficient (Wildman–Crippen LogP) is 2.75. The lowest BCUT2D eigenvalue weighted by Gasteiger charge is -2.25. The molecule has 0 saturated heterocycles. The van der Waals surface area contributed by atoms with Gasteiger partial charge in [-0.2, -0.15) is 5.26 Å². The summed E-state index contributed by atoms with van der Waals surface area (Å²) in [5.74, 6) is 1.00. The van der Waals surface area contributed by atoms with Gasteiger partial charge in [0, 0.05) is 5.56 Å². The van der Waals surface area contributed by atoms with Gasteiger partial charge in [0.25, 0.3) is 0 Å². The predicted molar refractivity (Wildman–Crippen MR) is 111 cm³/mol. The molecule has 10 heteroatoms. The lowest BCUT2D eigenvalue weighted by Crippen LogP contribution is -2.21. The number of aromatic amines is 1. The summed E-state index contributed by atoms with van der Waals surface area (Å²) in [4.78, 5) is 0. The van der Waals surface area contributed by atoms with Gasteiger partial charge in [-0.1, -0.05) is 0 Å². The molecule has 2 aromatic carbocycles. The number of phenols is 1. The molecular formula is C22H18N4O6. The lowest BCUT2D eigenvalue weighted by molar-refractivity contribution is 0.174. The Kier molecular flexibility index (Phi) is 4.44. The summed E-state index contributed by atoms with van der Waals surface area (Å²) in [6.07, 6.45) is 0. The average molecular weight is 434 g/mol. The highest BCUT2D eigenvalue weighted by Crippen LogP contribution is 2.49. The second kappa shape index (κ2) is 7.31. The zero-order chi connectivity index (χ0) is 22.4. The van der Waals surface area contributed by atoms with E-state index in [2.05, 4.69) is 16.3 Å². The largest absolute Gasteiger partial charge is 0.502 e. The molecule has 0 spiro atoms. The van der Waals surface area contributed by atoms with Crippen LogP contribution in [0.15, 0.2) is 41.8 Å². The number of nitriles is 1. The number of methoxy groups -OCH3 is 2. The molecule has 1 atom stereocenters. The van der Waals surface area contributed by atoms with Gasteiger partial charge in [0.15, 0.2) is 23.0 Å². The molecule has 32 heavy (non-hydrogen) atoms. The molecule has 1 aromatic heterocycles. The van der Waals surface area contributed by atoms with Crippen LogP contribution in [0.25, 0.3) is 11.3 Å². The van der Waals surface area contributed by atoms with Crippen molar-refractivity contribution in [3.05, 3.63) is 52.9 Å². The maximum atomic E-state index is 10.3. The van der Waals surface area contributed by atoms with Crippen LogP contribution in [0.4, 0.5) is 0 Å². The summed E-state index contributed by atoms with van der Waals surface area (Å²) in [6, 6.07) is 10.9. The van der Waals surface area contributed by atoms with E-state index in [1.807, 2.05) is 12.1 Å². The number of H-pyrrole nitrogens is 1. The number of hydrogen-bond acceptors (Lipinski definition) is 9. The van der Waals surface area contributed by atoms with Crippen LogP contribution >= 0.6 is 0 Å². The Morgan fingerprint density at radius 2 is 1.88 bits per heavy atom. The number of ether oxygens (including phenoxy) is 5. The van der Waals surface area contributed by atoms with E-state index in [0.29, 0.717) is 28.3 Å². The molecule has 0 bridgehead atoms. The SMILES string of the molecule is COc1cc(C2C(C#N)=C(N)Oc3n[nH]c(-c4ccc5c(c4)OCO5)c32)cc(OC)c1O. The maximum Gasteiger partial charge on any atom is 0.244 e. The van der Waals surface area contributed by atoms with Crippen molar-refractivity contribution >= 4 is 0 Å². The quantitative estimate of drug-likeness (QED) is 0.564. The molecule has 0 fully saturated rings. The molecule has 0 saturated carbocycles. The minimum absolute atomic E-state index is 0.0558. The minimum atomic E-state index is -0.661. The number of fused-ring (bicyclic) bond motifs is 2. The second-order valence-corrected chi connectivity index (χ2v) is 7.08. The lowest BCUT2D eigenvalue weighted by atomic mass is 9.82. The Hall–Kier alpha value is -4.52. The van der Waals surface area contributed by atoms with Crippen molar-refractivity contribution in [1.82, 2.24) is 10.2 Å². The van der Waals surface area contributed by atoms with Gasteiger partial charge in [-0.05, 0) is 35.9 Å². The van der Waals surface area contributed by atoms with E-state index < -0.39 is 5.92 Å². The highest BCUT2D eigenvalue weighted by atomic mass is 16.7. The first-order valence-corrected chi connectivity index (χ1v) is 9.56. The van der Waals surface area contributed by atoms with Gasteiger partial charge >= 0.3 is 0 Å². The Morgan fingerprint density at radius 1 is 1.16 bits per heavy atom. The molecule has 5 rings (SSSR count). The van der Waals surface area contributed by atoms with Crippen molar-refractivity contribution in [3.8, 4) is 52.0 Å². The number of phenolic OH excluding ortho intramolecular Hbond substituents is 1. The number of nitrogens with zero attached hydrogens (tertiary/aromatic N) is 2. The summed E-state index contributed by atoms with van der Waals surface area (Å²) in [6.45, 7) is 0.149. The smallest absolute Gasteiger partial charge is 0.244 e. The minimum Gasteiger partial charge on any atom is -0.502 e. The van der Waals surface area contributed by atoms with Crippen LogP contribution in [-0.2, 0) is 0 Å². The van der Waals surface area contributed by atoms with E-state index >= 15 is 0 Å². The molecule has 2 aliphatic heterocycles. The Morgan fingerprint density at radius 3 is 2.56 bits per heavy atom. The summed E-state index contributed by atoms with van der Waals surface area (Å²) in [5, 5.41) is 27.5. The van der Waals surface area contributed by atoms with Crippen molar-refractivity contribution < 1.29 is 28.8 Å². The molecule has 2 aliphatic rings. The van der Waals surface area contributed by atoms with Crippen LogP contribution < -0.4 is 29.4 Å². The first-order valence-electron chi connectivity index (χ1n) is 9.56. The summed E-state index contributed by atoms with van der Waals surface area (Å²) in [7, 11) is 2.86. The molecule has 1 unspecified atom stereocenters. The molecule has 162 valence electrons. The number of aromatic hydroxyl groups is 1. The number of benzene rings is 2. The molecule has 0 radical (unpaired) electrons. The zero-order valence-electron chi connectivity index (χ0n) is 17.1. The maximum absolute atomic E-state index is 10.3. The Balaban J connectivity index is 1.73. The number of aromatic nitrogens is 2. The normalized spacial score (nSPS) is 16.2. The van der Waals surface area contributed by atoms with Crippen LogP contribution in [0.5, 0.6) is 34.6 Å². The highest BCUT2D eigenvalue weighted by molar-refractivity contribution is 5.73. The van der Waals surface area contributed by atoms with Crippen molar-refractivity contribution in [2.24, 2.45) is 5.73 Å². The van der Waals surface area contributed by atoms with Crippen LogP contribution in [0.2, 0.25) is 0 Å². The molecule has 0 amide bonds. The number of nitrogens with two attached hydrogens (primary N) is 1. The fraction of sp³-hybridized carbons (Fsp3) is 0.182. The number of allylic oxidation sites excluding steroid dienone is 1. The van der Waals surface area contributed by atoms with Crippen LogP contribution in [0.1, 0.15) is 17.0 Å². The van der Waals surface area contributed by atoms with E-state index in [0.717, 1.165) is 5.56 Å². The van der Waals surface area contributed by atoms with E-state index in [-0.39, 0.29) is 41.4 Å². The van der Waals surface area contributed by atoms with Gasteiger partial charge in [-0.3, -0.25) is 5.10 Å². The van der Waals surface area contributed by atoms with E-state index in [1.165, 1.54) is 14.2 Å². The van der Waals surface area contributed by atoms with E-state index in [9.17, 15) is 10.4 Å². The number of hydrogen-bond donors (Lipinski definition) is 3. The molecule has 3 heterocycles. The van der Waals surface area contributed by atoms with Crippen molar-refractivity contribution in [2.45, 2.75) is 5.92 Å². The number of nitrogens with one attached hydrogen (secondary N) is 1. The summed E-state index contributed by atoms with van der Waals surface area (Å²) < 4.78 is 27.1. The first kappa shape index (κ1) is 19.4. The zero-order valence-corrected chi connectivity index (χ0v) is 17.1. The standard InChI is InChI=1S/C22H18N4O6/c1-28-15-6-11(7-16(29-2)20(15)27)17-12(8-23)21(24)32-22-18(17)19(25-26-22)10-3-4-13-14(5-10)31-9-30-13/h3-7,17,27H,9,24H2,1-2H3,(H,25,26). The molecule has 4 N–H and O–H groups in total.